The molecule has 0 radical (unpaired) electrons. The Labute approximate surface area is 114 Å². The maximum Gasteiger partial charge on any atom is 0.293 e. The highest BCUT2D eigenvalue weighted by atomic mass is 16.6. The van der Waals surface area contributed by atoms with Crippen LogP contribution in [0.1, 0.15) is 11.4 Å². The summed E-state index contributed by atoms with van der Waals surface area (Å²) in [6, 6.07) is 6.20. The molecule has 0 bridgehead atoms. The molecule has 8 nitrogen and oxygen atoms in total. The van der Waals surface area contributed by atoms with Crippen LogP contribution in [0.25, 0.3) is 0 Å². The number of aromatic nitrogens is 3. The van der Waals surface area contributed by atoms with Gasteiger partial charge in [-0.05, 0) is 12.1 Å². The van der Waals surface area contributed by atoms with Crippen molar-refractivity contribution in [2.24, 2.45) is 7.05 Å². The Kier molecular flexibility index (Phi) is 3.91. The number of benzene rings is 1. The Morgan fingerprint density at radius 2 is 2.35 bits per heavy atom. The molecule has 20 heavy (non-hydrogen) atoms. The molecule has 0 aliphatic rings. The molecule has 102 valence electrons. The second kappa shape index (κ2) is 5.79. The summed E-state index contributed by atoms with van der Waals surface area (Å²) in [5.41, 5.74) is 0.525. The Hall–Kier alpha value is -2.95. The number of rotatable bonds is 5. The first-order chi connectivity index (χ1) is 9.60. The van der Waals surface area contributed by atoms with Crippen LogP contribution in [0.3, 0.4) is 0 Å². The highest BCUT2D eigenvalue weighted by Crippen LogP contribution is 2.25. The minimum atomic E-state index is -0.512. The lowest BCUT2D eigenvalue weighted by Gasteiger charge is -2.05. The van der Waals surface area contributed by atoms with E-state index in [4.69, 9.17) is 5.26 Å². The summed E-state index contributed by atoms with van der Waals surface area (Å²) in [5.74, 6) is 0.663. The van der Waals surface area contributed by atoms with Crippen LogP contribution in [0.5, 0.6) is 0 Å². The van der Waals surface area contributed by atoms with Gasteiger partial charge in [0, 0.05) is 26.1 Å². The van der Waals surface area contributed by atoms with Gasteiger partial charge in [-0.25, -0.2) is 4.98 Å². The average molecular weight is 272 g/mol. The number of nitro groups is 1. The molecule has 2 aromatic rings. The van der Waals surface area contributed by atoms with Gasteiger partial charge in [-0.2, -0.15) is 10.4 Å². The lowest BCUT2D eigenvalue weighted by atomic mass is 10.2. The van der Waals surface area contributed by atoms with Gasteiger partial charge in [0.15, 0.2) is 5.82 Å². The molecule has 0 amide bonds. The molecule has 0 fully saturated rings. The molecular weight excluding hydrogens is 260 g/mol. The SMILES string of the molecule is Cn1cnc(CCNc2ccc(C#N)cc2[N+](=O)[O-])n1. The van der Waals surface area contributed by atoms with Gasteiger partial charge in [-0.1, -0.05) is 0 Å². The maximum atomic E-state index is 11.0. The van der Waals surface area contributed by atoms with E-state index in [1.807, 2.05) is 6.07 Å². The van der Waals surface area contributed by atoms with Crippen LogP contribution >= 0.6 is 0 Å². The molecule has 0 atom stereocenters. The topological polar surface area (TPSA) is 110 Å². The quantitative estimate of drug-likeness (QED) is 0.648. The summed E-state index contributed by atoms with van der Waals surface area (Å²) < 4.78 is 1.60. The number of nitriles is 1. The molecule has 0 saturated heterocycles. The minimum absolute atomic E-state index is 0.113. The van der Waals surface area contributed by atoms with Gasteiger partial charge in [0.05, 0.1) is 16.6 Å². The molecule has 2 rings (SSSR count). The number of nitro benzene ring substituents is 1. The normalized spacial score (nSPS) is 10.0. The first-order valence-corrected chi connectivity index (χ1v) is 5.87. The summed E-state index contributed by atoms with van der Waals surface area (Å²) in [5, 5.41) is 26.8. The molecule has 1 aromatic carbocycles. The molecule has 1 N–H and O–H groups in total. The average Bonchev–Trinajstić information content (AvgIpc) is 2.84. The van der Waals surface area contributed by atoms with Crippen molar-refractivity contribution < 1.29 is 4.92 Å². The Bertz CT molecular complexity index is 673. The van der Waals surface area contributed by atoms with Gasteiger partial charge < -0.3 is 5.32 Å². The Morgan fingerprint density at radius 1 is 1.55 bits per heavy atom. The number of nitrogens with zero attached hydrogens (tertiary/aromatic N) is 5. The highest BCUT2D eigenvalue weighted by molar-refractivity contribution is 5.64. The van der Waals surface area contributed by atoms with E-state index < -0.39 is 4.92 Å². The van der Waals surface area contributed by atoms with Crippen LogP contribution in [0.2, 0.25) is 0 Å². The third kappa shape index (κ3) is 3.08. The Balaban J connectivity index is 2.05. The number of aryl methyl sites for hydroxylation is 1. The van der Waals surface area contributed by atoms with Crippen LogP contribution in [0.15, 0.2) is 24.5 Å². The predicted molar refractivity (Wildman–Crippen MR) is 71.0 cm³/mol. The van der Waals surface area contributed by atoms with E-state index >= 15 is 0 Å². The molecule has 0 saturated carbocycles. The molecule has 8 heteroatoms. The zero-order valence-corrected chi connectivity index (χ0v) is 10.8. The third-order valence-electron chi connectivity index (χ3n) is 2.63. The fourth-order valence-corrected chi connectivity index (χ4v) is 1.71. The van der Waals surface area contributed by atoms with Crippen molar-refractivity contribution in [1.29, 1.82) is 5.26 Å². The van der Waals surface area contributed by atoms with Crippen LogP contribution in [0, 0.1) is 21.4 Å². The first kappa shape index (κ1) is 13.5. The monoisotopic (exact) mass is 272 g/mol. The van der Waals surface area contributed by atoms with Crippen molar-refractivity contribution in [3.05, 3.63) is 46.0 Å². The summed E-state index contributed by atoms with van der Waals surface area (Å²) in [6.45, 7) is 0.469. The molecule has 1 heterocycles. The number of anilines is 1. The number of hydrogen-bond donors (Lipinski definition) is 1. The Morgan fingerprint density at radius 3 is 2.95 bits per heavy atom. The lowest BCUT2D eigenvalue weighted by Crippen LogP contribution is -2.08. The fourth-order valence-electron chi connectivity index (χ4n) is 1.71. The largest absolute Gasteiger partial charge is 0.379 e. The first-order valence-electron chi connectivity index (χ1n) is 5.87. The van der Waals surface area contributed by atoms with E-state index in [2.05, 4.69) is 15.4 Å². The predicted octanol–water partition coefficient (Wildman–Crippen LogP) is 1.25. The standard InChI is InChI=1S/C12H12N6O2/c1-17-8-15-12(16-17)4-5-14-10-3-2-9(7-13)6-11(10)18(19)20/h2-3,6,8,14H,4-5H2,1H3. The van der Waals surface area contributed by atoms with Crippen LogP contribution in [0.4, 0.5) is 11.4 Å². The fraction of sp³-hybridized carbons (Fsp3) is 0.250. The smallest absolute Gasteiger partial charge is 0.293 e. The van der Waals surface area contributed by atoms with Gasteiger partial charge in [0.2, 0.25) is 0 Å². The number of hydrogen-bond acceptors (Lipinski definition) is 6. The zero-order valence-electron chi connectivity index (χ0n) is 10.8. The summed E-state index contributed by atoms with van der Waals surface area (Å²) >= 11 is 0. The van der Waals surface area contributed by atoms with Gasteiger partial charge >= 0.3 is 0 Å². The molecule has 1 aromatic heterocycles. The van der Waals surface area contributed by atoms with Crippen molar-refractivity contribution in [1.82, 2.24) is 14.8 Å². The van der Waals surface area contributed by atoms with Crippen LogP contribution < -0.4 is 5.32 Å². The van der Waals surface area contributed by atoms with E-state index in [1.54, 1.807) is 18.1 Å². The second-order valence-electron chi connectivity index (χ2n) is 4.11. The van der Waals surface area contributed by atoms with E-state index in [0.29, 0.717) is 24.5 Å². The maximum absolute atomic E-state index is 11.0. The van der Waals surface area contributed by atoms with Gasteiger partial charge in [0.25, 0.3) is 5.69 Å². The van der Waals surface area contributed by atoms with Crippen LogP contribution in [-0.4, -0.2) is 26.2 Å². The van der Waals surface area contributed by atoms with Crippen molar-refractivity contribution in [2.75, 3.05) is 11.9 Å². The van der Waals surface area contributed by atoms with E-state index in [1.165, 1.54) is 18.2 Å². The summed E-state index contributed by atoms with van der Waals surface area (Å²) in [7, 11) is 1.77. The van der Waals surface area contributed by atoms with Crippen LogP contribution in [-0.2, 0) is 13.5 Å². The minimum Gasteiger partial charge on any atom is -0.379 e. The zero-order chi connectivity index (χ0) is 14.5. The van der Waals surface area contributed by atoms with Crippen molar-refractivity contribution >= 4 is 11.4 Å². The molecule has 0 aliphatic heterocycles. The van der Waals surface area contributed by atoms with Gasteiger partial charge in [0.1, 0.15) is 12.0 Å². The van der Waals surface area contributed by atoms with Crippen molar-refractivity contribution in [3.8, 4) is 6.07 Å². The highest BCUT2D eigenvalue weighted by Gasteiger charge is 2.14. The van der Waals surface area contributed by atoms with Crippen molar-refractivity contribution in [3.63, 3.8) is 0 Å². The number of nitrogens with one attached hydrogen (secondary N) is 1. The lowest BCUT2D eigenvalue weighted by molar-refractivity contribution is -0.384. The van der Waals surface area contributed by atoms with E-state index in [0.717, 1.165) is 0 Å². The summed E-state index contributed by atoms with van der Waals surface area (Å²) in [6.07, 6.45) is 2.15. The molecule has 0 unspecified atom stereocenters. The third-order valence-corrected chi connectivity index (χ3v) is 2.63. The van der Waals surface area contributed by atoms with E-state index in [9.17, 15) is 10.1 Å². The van der Waals surface area contributed by atoms with Crippen molar-refractivity contribution in [2.45, 2.75) is 6.42 Å². The van der Waals surface area contributed by atoms with Gasteiger partial charge in [-0.3, -0.25) is 14.8 Å². The summed E-state index contributed by atoms with van der Waals surface area (Å²) in [4.78, 5) is 14.5. The van der Waals surface area contributed by atoms with E-state index in [-0.39, 0.29) is 11.3 Å². The second-order valence-corrected chi connectivity index (χ2v) is 4.11. The molecule has 0 spiro atoms. The molecular formula is C12H12N6O2. The molecule has 0 aliphatic carbocycles. The van der Waals surface area contributed by atoms with Gasteiger partial charge in [-0.15, -0.1) is 0 Å².